The van der Waals surface area contributed by atoms with E-state index in [2.05, 4.69) is 15.5 Å². The summed E-state index contributed by atoms with van der Waals surface area (Å²) in [5.74, 6) is 0.248. The van der Waals surface area contributed by atoms with Crippen LogP contribution in [0.3, 0.4) is 0 Å². The van der Waals surface area contributed by atoms with Gasteiger partial charge in [0.25, 0.3) is 0 Å². The maximum absolute atomic E-state index is 12.2. The van der Waals surface area contributed by atoms with Gasteiger partial charge < -0.3 is 10.6 Å². The molecule has 4 nitrogen and oxygen atoms in total. The lowest BCUT2D eigenvalue weighted by Crippen LogP contribution is -2.53. The molecule has 1 amide bonds. The molecule has 2 saturated heterocycles. The average Bonchev–Trinajstić information content (AvgIpc) is 2.92. The molecule has 3 fully saturated rings. The van der Waals surface area contributed by atoms with Crippen LogP contribution in [0.15, 0.2) is 0 Å². The fourth-order valence-corrected chi connectivity index (χ4v) is 4.37. The Balaban J connectivity index is 1.48. The zero-order valence-corrected chi connectivity index (χ0v) is 12.6. The van der Waals surface area contributed by atoms with E-state index in [1.165, 1.54) is 57.9 Å². The van der Waals surface area contributed by atoms with Crippen LogP contribution >= 0.6 is 0 Å². The largest absolute Gasteiger partial charge is 0.352 e. The summed E-state index contributed by atoms with van der Waals surface area (Å²) in [4.78, 5) is 14.6. The maximum atomic E-state index is 12.2. The van der Waals surface area contributed by atoms with Crippen LogP contribution in [0.4, 0.5) is 0 Å². The van der Waals surface area contributed by atoms with E-state index < -0.39 is 0 Å². The second kappa shape index (κ2) is 6.44. The number of nitrogens with one attached hydrogen (secondary N) is 2. The highest BCUT2D eigenvalue weighted by molar-refractivity contribution is 5.78. The first kappa shape index (κ1) is 14.3. The monoisotopic (exact) mass is 279 g/mol. The van der Waals surface area contributed by atoms with Crippen molar-refractivity contribution in [2.24, 2.45) is 5.41 Å². The number of hydrogen-bond acceptors (Lipinski definition) is 3. The predicted molar refractivity (Wildman–Crippen MR) is 80.6 cm³/mol. The molecule has 0 bridgehead atoms. The number of rotatable bonds is 3. The topological polar surface area (TPSA) is 44.4 Å². The van der Waals surface area contributed by atoms with Gasteiger partial charge in [-0.2, -0.15) is 0 Å². The van der Waals surface area contributed by atoms with Crippen molar-refractivity contribution in [3.63, 3.8) is 0 Å². The molecular formula is C16H29N3O. The molecule has 3 rings (SSSR count). The molecule has 0 aromatic rings. The van der Waals surface area contributed by atoms with Crippen LogP contribution < -0.4 is 10.6 Å². The molecule has 1 atom stereocenters. The molecule has 20 heavy (non-hydrogen) atoms. The van der Waals surface area contributed by atoms with E-state index in [0.29, 0.717) is 18.0 Å². The molecule has 2 N–H and O–H groups in total. The summed E-state index contributed by atoms with van der Waals surface area (Å²) in [6.45, 7) is 5.13. The second-order valence-corrected chi connectivity index (χ2v) is 7.14. The van der Waals surface area contributed by atoms with E-state index in [4.69, 9.17) is 0 Å². The van der Waals surface area contributed by atoms with Crippen molar-refractivity contribution in [1.29, 1.82) is 0 Å². The first-order valence-electron chi connectivity index (χ1n) is 8.48. The lowest BCUT2D eigenvalue weighted by molar-refractivity contribution is -0.123. The van der Waals surface area contributed by atoms with E-state index in [0.717, 1.165) is 19.6 Å². The summed E-state index contributed by atoms with van der Waals surface area (Å²) in [5.41, 5.74) is 0.449. The maximum Gasteiger partial charge on any atom is 0.234 e. The van der Waals surface area contributed by atoms with Gasteiger partial charge in [-0.15, -0.1) is 0 Å². The lowest BCUT2D eigenvalue weighted by Gasteiger charge is -2.45. The molecule has 0 aromatic heterocycles. The van der Waals surface area contributed by atoms with E-state index >= 15 is 0 Å². The molecule has 1 unspecified atom stereocenters. The Bertz CT molecular complexity index is 327. The van der Waals surface area contributed by atoms with Gasteiger partial charge in [-0.25, -0.2) is 0 Å². The van der Waals surface area contributed by atoms with Crippen LogP contribution in [0.5, 0.6) is 0 Å². The van der Waals surface area contributed by atoms with Crippen molar-refractivity contribution in [3.05, 3.63) is 0 Å². The van der Waals surface area contributed by atoms with Gasteiger partial charge in [0.2, 0.25) is 5.91 Å². The first-order chi connectivity index (χ1) is 9.76. The zero-order chi connectivity index (χ0) is 13.8. The Morgan fingerprint density at radius 1 is 1.20 bits per heavy atom. The minimum Gasteiger partial charge on any atom is -0.352 e. The van der Waals surface area contributed by atoms with Gasteiger partial charge in [0.05, 0.1) is 6.54 Å². The smallest absolute Gasteiger partial charge is 0.234 e. The predicted octanol–water partition coefficient (Wildman–Crippen LogP) is 1.51. The van der Waals surface area contributed by atoms with Crippen LogP contribution in [0.1, 0.15) is 51.4 Å². The highest BCUT2D eigenvalue weighted by Gasteiger charge is 2.36. The Morgan fingerprint density at radius 2 is 2.00 bits per heavy atom. The third-order valence-corrected chi connectivity index (χ3v) is 5.39. The normalized spacial score (nSPS) is 32.6. The Morgan fingerprint density at radius 3 is 2.75 bits per heavy atom. The van der Waals surface area contributed by atoms with Crippen molar-refractivity contribution in [2.75, 3.05) is 32.7 Å². The highest BCUT2D eigenvalue weighted by atomic mass is 16.2. The molecule has 1 aliphatic carbocycles. The number of amides is 1. The lowest BCUT2D eigenvalue weighted by atomic mass is 9.74. The van der Waals surface area contributed by atoms with Crippen molar-refractivity contribution in [3.8, 4) is 0 Å². The van der Waals surface area contributed by atoms with Gasteiger partial charge in [-0.3, -0.25) is 9.69 Å². The van der Waals surface area contributed by atoms with Crippen LogP contribution in [0, 0.1) is 5.41 Å². The summed E-state index contributed by atoms with van der Waals surface area (Å²) < 4.78 is 0. The molecule has 0 radical (unpaired) electrons. The Hall–Kier alpha value is -0.610. The number of likely N-dealkylation sites (tertiary alicyclic amines) is 1. The number of nitrogens with zero attached hydrogens (tertiary/aromatic N) is 1. The molecule has 0 aromatic carbocycles. The van der Waals surface area contributed by atoms with E-state index in [1.807, 2.05) is 0 Å². The number of carbonyl (C=O) groups is 1. The van der Waals surface area contributed by atoms with Crippen LogP contribution in [0.2, 0.25) is 0 Å². The average molecular weight is 279 g/mol. The summed E-state index contributed by atoms with van der Waals surface area (Å²) in [6, 6.07) is 0.456. The fourth-order valence-electron chi connectivity index (χ4n) is 4.37. The minimum atomic E-state index is 0.248. The van der Waals surface area contributed by atoms with Crippen molar-refractivity contribution >= 4 is 5.91 Å². The van der Waals surface area contributed by atoms with Crippen molar-refractivity contribution < 1.29 is 4.79 Å². The third-order valence-electron chi connectivity index (χ3n) is 5.39. The van der Waals surface area contributed by atoms with E-state index in [-0.39, 0.29) is 5.91 Å². The molecule has 1 saturated carbocycles. The van der Waals surface area contributed by atoms with Crippen LogP contribution in [-0.2, 0) is 4.79 Å². The third kappa shape index (κ3) is 3.53. The van der Waals surface area contributed by atoms with Gasteiger partial charge in [0, 0.05) is 19.1 Å². The molecular weight excluding hydrogens is 250 g/mol. The highest BCUT2D eigenvalue weighted by Crippen LogP contribution is 2.35. The van der Waals surface area contributed by atoms with Gasteiger partial charge >= 0.3 is 0 Å². The van der Waals surface area contributed by atoms with Crippen LogP contribution in [0.25, 0.3) is 0 Å². The number of carbonyl (C=O) groups excluding carboxylic acids is 1. The second-order valence-electron chi connectivity index (χ2n) is 7.14. The van der Waals surface area contributed by atoms with Crippen molar-refractivity contribution in [2.45, 2.75) is 57.4 Å². The quantitative estimate of drug-likeness (QED) is 0.823. The van der Waals surface area contributed by atoms with Crippen LogP contribution in [-0.4, -0.2) is 49.6 Å². The summed E-state index contributed by atoms with van der Waals surface area (Å²) in [5, 5.41) is 6.77. The molecule has 3 aliphatic rings. The minimum absolute atomic E-state index is 0.248. The van der Waals surface area contributed by atoms with Gasteiger partial charge in [-0.1, -0.05) is 12.8 Å². The molecule has 4 heteroatoms. The fraction of sp³-hybridized carbons (Fsp3) is 0.938. The number of piperidine rings is 2. The summed E-state index contributed by atoms with van der Waals surface area (Å²) in [7, 11) is 0. The zero-order valence-electron chi connectivity index (χ0n) is 12.6. The molecule has 2 aliphatic heterocycles. The van der Waals surface area contributed by atoms with Gasteiger partial charge in [0.1, 0.15) is 0 Å². The Labute approximate surface area is 122 Å². The van der Waals surface area contributed by atoms with E-state index in [1.54, 1.807) is 0 Å². The molecule has 2 heterocycles. The van der Waals surface area contributed by atoms with Gasteiger partial charge in [-0.05, 0) is 57.0 Å². The molecule has 114 valence electrons. The summed E-state index contributed by atoms with van der Waals surface area (Å²) in [6.07, 6.45) is 10.1. The molecule has 1 spiro atoms. The van der Waals surface area contributed by atoms with Crippen molar-refractivity contribution in [1.82, 2.24) is 15.5 Å². The van der Waals surface area contributed by atoms with Gasteiger partial charge in [0.15, 0.2) is 0 Å². The standard InChI is InChI=1S/C16H29N3O/c20-15(18-14-5-1-2-6-14)11-19-10-4-8-16(13-19)7-3-9-17-12-16/h14,17H,1-13H2,(H,18,20). The number of hydrogen-bond donors (Lipinski definition) is 2. The first-order valence-corrected chi connectivity index (χ1v) is 8.48. The SMILES string of the molecule is O=C(CN1CCCC2(CCCNC2)C1)NC1CCCC1. The van der Waals surface area contributed by atoms with E-state index in [9.17, 15) is 4.79 Å². The Kier molecular flexibility index (Phi) is 4.61. The summed E-state index contributed by atoms with van der Waals surface area (Å²) >= 11 is 0.